The molecule has 15 nitrogen and oxygen atoms in total. The third-order valence-electron chi connectivity index (χ3n) is 5.62. The molecule has 1 fully saturated rings. The summed E-state index contributed by atoms with van der Waals surface area (Å²) >= 11 is 1.42. The van der Waals surface area contributed by atoms with E-state index in [4.69, 9.17) is 22.9 Å². The number of para-hydroxylation sites is 1. The molecule has 202 valence electrons. The van der Waals surface area contributed by atoms with Gasteiger partial charge in [0.1, 0.15) is 5.84 Å². The average Bonchev–Trinajstić information content (AvgIpc) is 2.86. The number of nitrogens with zero attached hydrogens (tertiary/aromatic N) is 3. The molecule has 0 saturated carbocycles. The number of hydrogen-bond donors (Lipinski definition) is 11. The Hall–Kier alpha value is -2.26. The Labute approximate surface area is 214 Å². The van der Waals surface area contributed by atoms with Gasteiger partial charge in [0.15, 0.2) is 5.79 Å². The van der Waals surface area contributed by atoms with E-state index in [0.717, 1.165) is 19.6 Å². The first-order chi connectivity index (χ1) is 16.9. The molecule has 0 amide bonds. The van der Waals surface area contributed by atoms with Crippen molar-refractivity contribution < 1.29 is 40.5 Å². The van der Waals surface area contributed by atoms with Crippen molar-refractivity contribution in [1.29, 1.82) is 0 Å². The van der Waals surface area contributed by atoms with E-state index < -0.39 is 49.1 Å². The Balaban J connectivity index is 1.67. The van der Waals surface area contributed by atoms with Crippen LogP contribution in [0.15, 0.2) is 63.3 Å². The van der Waals surface area contributed by atoms with Crippen LogP contribution in [-0.2, 0) is 4.74 Å². The standard InChI is InChI=1S/C21H29N7O8S/c22-17(23)9-27(11-19(31,32)36-20(24,25)21(33,34)35)10-18(29,30)28(17)16-12-5-1-3-7-14(12)37-15-8-4-2-6-13(15)26-16/h1-8,29-35H,9-11,22-25H2. The number of benzene rings is 2. The average molecular weight is 540 g/mol. The number of rotatable bonds is 5. The fourth-order valence-electron chi connectivity index (χ4n) is 4.17. The lowest BCUT2D eigenvalue weighted by molar-refractivity contribution is -0.467. The highest BCUT2D eigenvalue weighted by molar-refractivity contribution is 7.99. The molecule has 2 aromatic carbocycles. The van der Waals surface area contributed by atoms with Gasteiger partial charge in [-0.3, -0.25) is 37.5 Å². The van der Waals surface area contributed by atoms with E-state index in [1.165, 1.54) is 11.8 Å². The Morgan fingerprint density at radius 2 is 1.51 bits per heavy atom. The number of nitrogens with two attached hydrogens (primary N) is 4. The predicted molar refractivity (Wildman–Crippen MR) is 129 cm³/mol. The quantitative estimate of drug-likeness (QED) is 0.161. The maximum absolute atomic E-state index is 11.1. The predicted octanol–water partition coefficient (Wildman–Crippen LogP) is -4.09. The van der Waals surface area contributed by atoms with E-state index in [9.17, 15) is 35.7 Å². The first-order valence-corrected chi connectivity index (χ1v) is 11.6. The minimum absolute atomic E-state index is 0.0618. The van der Waals surface area contributed by atoms with Gasteiger partial charge in [-0.1, -0.05) is 42.1 Å². The molecule has 0 aromatic heterocycles. The van der Waals surface area contributed by atoms with Gasteiger partial charge < -0.3 is 35.7 Å². The van der Waals surface area contributed by atoms with E-state index >= 15 is 0 Å². The van der Waals surface area contributed by atoms with Gasteiger partial charge in [-0.2, -0.15) is 0 Å². The van der Waals surface area contributed by atoms with Crippen molar-refractivity contribution in [3.63, 3.8) is 0 Å². The van der Waals surface area contributed by atoms with Gasteiger partial charge in [0.25, 0.3) is 17.7 Å². The fraction of sp³-hybridized carbons (Fsp3) is 0.381. The first kappa shape index (κ1) is 27.8. The Kier molecular flexibility index (Phi) is 6.89. The Morgan fingerprint density at radius 3 is 2.14 bits per heavy atom. The summed E-state index contributed by atoms with van der Waals surface area (Å²) < 4.78 is 4.46. The highest BCUT2D eigenvalue weighted by Crippen LogP contribution is 2.42. The van der Waals surface area contributed by atoms with Gasteiger partial charge in [-0.15, -0.1) is 0 Å². The molecular formula is C21H29N7O8S. The molecule has 0 atom stereocenters. The molecule has 0 bridgehead atoms. The van der Waals surface area contributed by atoms with Crippen molar-refractivity contribution in [3.05, 3.63) is 54.1 Å². The van der Waals surface area contributed by atoms with Crippen molar-refractivity contribution in [2.24, 2.45) is 27.9 Å². The summed E-state index contributed by atoms with van der Waals surface area (Å²) in [6.45, 7) is -2.09. The minimum Gasteiger partial charge on any atom is -0.348 e. The molecule has 0 aliphatic carbocycles. The van der Waals surface area contributed by atoms with Crippen LogP contribution in [-0.4, -0.2) is 101 Å². The van der Waals surface area contributed by atoms with Crippen LogP contribution in [0.3, 0.4) is 0 Å². The highest BCUT2D eigenvalue weighted by atomic mass is 32.2. The SMILES string of the molecule is NC1(N)CN(CC(O)(O)OC(N)(N)C(O)(O)O)CC(O)(O)N1C1=Nc2ccccc2Sc2ccccc21. The van der Waals surface area contributed by atoms with E-state index in [1.807, 2.05) is 24.3 Å². The zero-order valence-corrected chi connectivity index (χ0v) is 20.2. The highest BCUT2D eigenvalue weighted by Gasteiger charge is 2.55. The molecule has 1 saturated heterocycles. The van der Waals surface area contributed by atoms with Crippen LogP contribution in [0.25, 0.3) is 0 Å². The van der Waals surface area contributed by atoms with Crippen LogP contribution in [0.1, 0.15) is 5.56 Å². The normalized spacial score (nSPS) is 20.1. The molecule has 2 aliphatic heterocycles. The number of piperazine rings is 1. The smallest absolute Gasteiger partial charge is 0.336 e. The molecule has 2 aliphatic rings. The largest absolute Gasteiger partial charge is 0.348 e. The summed E-state index contributed by atoms with van der Waals surface area (Å²) in [6.07, 6.45) is 0. The van der Waals surface area contributed by atoms with E-state index in [1.54, 1.807) is 24.3 Å². The van der Waals surface area contributed by atoms with Crippen LogP contribution < -0.4 is 22.9 Å². The zero-order valence-electron chi connectivity index (χ0n) is 19.3. The third-order valence-corrected chi connectivity index (χ3v) is 6.77. The van der Waals surface area contributed by atoms with Crippen molar-refractivity contribution in [2.75, 3.05) is 19.6 Å². The summed E-state index contributed by atoms with van der Waals surface area (Å²) in [5, 5.41) is 70.3. The van der Waals surface area contributed by atoms with Gasteiger partial charge in [0, 0.05) is 21.9 Å². The number of ether oxygens (including phenoxy) is 1. The minimum atomic E-state index is -3.86. The lowest BCUT2D eigenvalue weighted by Crippen LogP contribution is -2.82. The zero-order chi connectivity index (χ0) is 27.4. The topological polar surface area (TPSA) is 274 Å². The summed E-state index contributed by atoms with van der Waals surface area (Å²) in [4.78, 5) is 8.13. The molecule has 0 radical (unpaired) electrons. The van der Waals surface area contributed by atoms with Crippen LogP contribution in [0.5, 0.6) is 0 Å². The summed E-state index contributed by atoms with van der Waals surface area (Å²) in [7, 11) is 0. The van der Waals surface area contributed by atoms with Gasteiger partial charge >= 0.3 is 5.97 Å². The Morgan fingerprint density at radius 1 is 0.919 bits per heavy atom. The lowest BCUT2D eigenvalue weighted by Gasteiger charge is -2.54. The first-order valence-electron chi connectivity index (χ1n) is 10.8. The molecule has 0 unspecified atom stereocenters. The second-order valence-electron chi connectivity index (χ2n) is 9.02. The molecule has 0 spiro atoms. The van der Waals surface area contributed by atoms with Gasteiger partial charge in [0.2, 0.25) is 0 Å². The molecule has 16 heteroatoms. The van der Waals surface area contributed by atoms with Crippen molar-refractivity contribution in [3.8, 4) is 0 Å². The van der Waals surface area contributed by atoms with Gasteiger partial charge in [-0.05, 0) is 18.2 Å². The lowest BCUT2D eigenvalue weighted by atomic mass is 10.1. The van der Waals surface area contributed by atoms with Gasteiger partial charge in [0.05, 0.1) is 18.8 Å². The number of aliphatic imine (C=N–C) groups is 1. The van der Waals surface area contributed by atoms with Crippen LogP contribution in [0, 0.1) is 0 Å². The number of amidine groups is 1. The van der Waals surface area contributed by atoms with Crippen LogP contribution in [0.4, 0.5) is 5.69 Å². The number of aliphatic hydroxyl groups is 7. The second-order valence-corrected chi connectivity index (χ2v) is 10.1. The molecule has 15 N–H and O–H groups in total. The van der Waals surface area contributed by atoms with Crippen molar-refractivity contribution in [2.45, 2.75) is 39.3 Å². The molecule has 2 aromatic rings. The number of fused-ring (bicyclic) bond motifs is 2. The molecule has 37 heavy (non-hydrogen) atoms. The molecule has 2 heterocycles. The number of hydrogen-bond acceptors (Lipinski definition) is 16. The third kappa shape index (κ3) is 5.62. The van der Waals surface area contributed by atoms with Crippen LogP contribution >= 0.6 is 11.8 Å². The molecular weight excluding hydrogens is 510 g/mol. The molecule has 4 rings (SSSR count). The fourth-order valence-corrected chi connectivity index (χ4v) is 5.19. The van der Waals surface area contributed by atoms with E-state index in [0.29, 0.717) is 11.3 Å². The maximum atomic E-state index is 11.1. The van der Waals surface area contributed by atoms with Crippen molar-refractivity contribution in [1.82, 2.24) is 9.80 Å². The number of β-amino-alcohol motifs (C(OH)–C–C–N with tert-alkyl or cyclic N) is 4. The van der Waals surface area contributed by atoms with E-state index in [-0.39, 0.29) is 5.84 Å². The summed E-state index contributed by atoms with van der Waals surface area (Å²) in [5.74, 6) is -15.3. The summed E-state index contributed by atoms with van der Waals surface area (Å²) in [5.41, 5.74) is 24.2. The Bertz CT molecular complexity index is 1180. The van der Waals surface area contributed by atoms with Crippen molar-refractivity contribution >= 4 is 23.3 Å². The maximum Gasteiger partial charge on any atom is 0.336 e. The van der Waals surface area contributed by atoms with Gasteiger partial charge in [-0.25, -0.2) is 4.99 Å². The second kappa shape index (κ2) is 9.19. The van der Waals surface area contributed by atoms with Crippen LogP contribution in [0.2, 0.25) is 0 Å². The summed E-state index contributed by atoms with van der Waals surface area (Å²) in [6, 6.07) is 14.3. The van der Waals surface area contributed by atoms with E-state index in [2.05, 4.69) is 9.73 Å². The monoisotopic (exact) mass is 539 g/mol.